The largest absolute Gasteiger partial charge is 0.351 e. The van der Waals surface area contributed by atoms with Crippen LogP contribution in [0.5, 0.6) is 0 Å². The summed E-state index contributed by atoms with van der Waals surface area (Å²) < 4.78 is 29.3. The summed E-state index contributed by atoms with van der Waals surface area (Å²) in [4.78, 5) is 17.2. The van der Waals surface area contributed by atoms with Gasteiger partial charge >= 0.3 is 0 Å². The van der Waals surface area contributed by atoms with Gasteiger partial charge in [0, 0.05) is 6.54 Å². The van der Waals surface area contributed by atoms with E-state index in [0.717, 1.165) is 20.8 Å². The Kier molecular flexibility index (Phi) is 6.66. The predicted octanol–water partition coefficient (Wildman–Crippen LogP) is 3.61. The lowest BCUT2D eigenvalue weighted by molar-refractivity contribution is -0.123. The zero-order valence-electron chi connectivity index (χ0n) is 16.7. The summed E-state index contributed by atoms with van der Waals surface area (Å²) in [7, 11) is -3.85. The van der Waals surface area contributed by atoms with E-state index in [4.69, 9.17) is 0 Å². The van der Waals surface area contributed by atoms with Crippen LogP contribution in [0.2, 0.25) is 0 Å². The number of nitrogens with zero attached hydrogens (tertiary/aromatic N) is 1. The van der Waals surface area contributed by atoms with Crippen LogP contribution in [-0.4, -0.2) is 25.4 Å². The Balaban J connectivity index is 1.77. The van der Waals surface area contributed by atoms with Crippen LogP contribution in [0, 0.1) is 12.8 Å². The van der Waals surface area contributed by atoms with Crippen LogP contribution in [0.15, 0.2) is 53.4 Å². The normalized spacial score (nSPS) is 13.0. The number of carbonyl (C=O) groups is 1. The van der Waals surface area contributed by atoms with Gasteiger partial charge in [-0.05, 0) is 43.0 Å². The van der Waals surface area contributed by atoms with Crippen molar-refractivity contribution in [2.45, 2.75) is 44.7 Å². The van der Waals surface area contributed by atoms with Gasteiger partial charge in [-0.1, -0.05) is 44.2 Å². The number of aromatic nitrogens is 1. The molecule has 0 bridgehead atoms. The van der Waals surface area contributed by atoms with Crippen LogP contribution in [0.3, 0.4) is 0 Å². The number of aryl methyl sites for hydroxylation is 1. The average Bonchev–Trinajstić information content (AvgIpc) is 3.05. The molecule has 29 heavy (non-hydrogen) atoms. The van der Waals surface area contributed by atoms with Crippen LogP contribution in [0.25, 0.3) is 10.2 Å². The highest BCUT2D eigenvalue weighted by atomic mass is 32.2. The number of fused-ring (bicyclic) bond motifs is 1. The van der Waals surface area contributed by atoms with E-state index < -0.39 is 16.1 Å². The maximum absolute atomic E-state index is 12.9. The quantitative estimate of drug-likeness (QED) is 0.570. The summed E-state index contributed by atoms with van der Waals surface area (Å²) in [5, 5.41) is 3.71. The summed E-state index contributed by atoms with van der Waals surface area (Å²) in [5.74, 6) is -0.183. The van der Waals surface area contributed by atoms with Crippen LogP contribution in [-0.2, 0) is 21.4 Å². The topological polar surface area (TPSA) is 88.2 Å². The lowest BCUT2D eigenvalue weighted by atomic mass is 10.0. The van der Waals surface area contributed by atoms with E-state index in [2.05, 4.69) is 15.0 Å². The average molecular weight is 432 g/mol. The Bertz CT molecular complexity index is 1090. The molecule has 1 atom stereocenters. The standard InChI is InChI=1S/C21H25N3O3S2/c1-14(2)11-19(21(25)22-13-16-7-5-4-6-8-16)24-29(26,27)17-9-10-18-20(12-17)28-15(3)23-18/h4-10,12,14,19,24H,11,13H2,1-3H3,(H,22,25). The van der Waals surface area contributed by atoms with E-state index in [9.17, 15) is 13.2 Å². The molecule has 0 radical (unpaired) electrons. The molecular weight excluding hydrogens is 406 g/mol. The molecule has 1 amide bonds. The lowest BCUT2D eigenvalue weighted by Crippen LogP contribution is -2.47. The van der Waals surface area contributed by atoms with Gasteiger partial charge in [-0.25, -0.2) is 13.4 Å². The van der Waals surface area contributed by atoms with Crippen molar-refractivity contribution in [3.05, 3.63) is 59.1 Å². The number of carbonyl (C=O) groups excluding carboxylic acids is 1. The molecule has 6 nitrogen and oxygen atoms in total. The first-order valence-electron chi connectivity index (χ1n) is 9.46. The summed E-state index contributed by atoms with van der Waals surface area (Å²) in [6, 6.07) is 13.5. The molecule has 0 aliphatic rings. The second-order valence-corrected chi connectivity index (χ2v) is 10.3. The lowest BCUT2D eigenvalue weighted by Gasteiger charge is -2.20. The molecule has 2 aromatic carbocycles. The molecule has 1 aromatic heterocycles. The number of rotatable bonds is 8. The summed E-state index contributed by atoms with van der Waals surface area (Å²) in [6.45, 7) is 6.14. The number of hydrogen-bond acceptors (Lipinski definition) is 5. The monoisotopic (exact) mass is 431 g/mol. The molecule has 0 saturated carbocycles. The Morgan fingerprint density at radius 3 is 2.55 bits per heavy atom. The smallest absolute Gasteiger partial charge is 0.241 e. The van der Waals surface area contributed by atoms with Crippen molar-refractivity contribution in [2.24, 2.45) is 5.92 Å². The van der Waals surface area contributed by atoms with Crippen LogP contribution >= 0.6 is 11.3 Å². The fourth-order valence-electron chi connectivity index (χ4n) is 3.03. The van der Waals surface area contributed by atoms with Gasteiger partial charge in [0.1, 0.15) is 6.04 Å². The van der Waals surface area contributed by atoms with Gasteiger partial charge in [-0.3, -0.25) is 4.79 Å². The van der Waals surface area contributed by atoms with Crippen LogP contribution < -0.4 is 10.0 Å². The first-order chi connectivity index (χ1) is 13.7. The van der Waals surface area contributed by atoms with Crippen molar-refractivity contribution >= 4 is 37.5 Å². The van der Waals surface area contributed by atoms with E-state index in [-0.39, 0.29) is 16.7 Å². The molecule has 0 aliphatic carbocycles. The van der Waals surface area contributed by atoms with Crippen LogP contribution in [0.1, 0.15) is 30.8 Å². The molecular formula is C21H25N3O3S2. The van der Waals surface area contributed by atoms with Crippen molar-refractivity contribution in [3.63, 3.8) is 0 Å². The second-order valence-electron chi connectivity index (χ2n) is 7.37. The van der Waals surface area contributed by atoms with Crippen LogP contribution in [0.4, 0.5) is 0 Å². The molecule has 0 fully saturated rings. The van der Waals surface area contributed by atoms with E-state index in [1.165, 1.54) is 17.4 Å². The fourth-order valence-corrected chi connectivity index (χ4v) is 5.21. The third-order valence-electron chi connectivity index (χ3n) is 4.41. The fraction of sp³-hybridized carbons (Fsp3) is 0.333. The van der Waals surface area contributed by atoms with Gasteiger partial charge in [0.05, 0.1) is 20.1 Å². The Morgan fingerprint density at radius 2 is 1.86 bits per heavy atom. The Morgan fingerprint density at radius 1 is 1.14 bits per heavy atom. The highest BCUT2D eigenvalue weighted by Gasteiger charge is 2.26. The number of sulfonamides is 1. The molecule has 3 rings (SSSR count). The highest BCUT2D eigenvalue weighted by Crippen LogP contribution is 2.25. The molecule has 8 heteroatoms. The first kappa shape index (κ1) is 21.4. The van der Waals surface area contributed by atoms with Gasteiger partial charge in [-0.15, -0.1) is 11.3 Å². The maximum Gasteiger partial charge on any atom is 0.241 e. The number of thiazole rings is 1. The predicted molar refractivity (Wildman–Crippen MR) is 116 cm³/mol. The minimum absolute atomic E-state index is 0.137. The minimum Gasteiger partial charge on any atom is -0.351 e. The van der Waals surface area contributed by atoms with E-state index in [1.54, 1.807) is 12.1 Å². The van der Waals surface area contributed by atoms with Gasteiger partial charge in [-0.2, -0.15) is 4.72 Å². The van der Waals surface area contributed by atoms with Crippen molar-refractivity contribution < 1.29 is 13.2 Å². The molecule has 1 unspecified atom stereocenters. The molecule has 3 aromatic rings. The number of amides is 1. The zero-order chi connectivity index (χ0) is 21.0. The Labute approximate surface area is 175 Å². The Hall–Kier alpha value is -2.29. The number of benzene rings is 2. The van der Waals surface area contributed by atoms with Gasteiger partial charge in [0.15, 0.2) is 0 Å². The van der Waals surface area contributed by atoms with Crippen molar-refractivity contribution in [3.8, 4) is 0 Å². The molecule has 0 saturated heterocycles. The van der Waals surface area contributed by atoms with E-state index >= 15 is 0 Å². The van der Waals surface area contributed by atoms with Crippen molar-refractivity contribution in [1.29, 1.82) is 0 Å². The summed E-state index contributed by atoms with van der Waals surface area (Å²) in [5.41, 5.74) is 1.73. The highest BCUT2D eigenvalue weighted by molar-refractivity contribution is 7.89. The third-order valence-corrected chi connectivity index (χ3v) is 6.81. The van der Waals surface area contributed by atoms with E-state index in [0.29, 0.717) is 13.0 Å². The van der Waals surface area contributed by atoms with Gasteiger partial charge < -0.3 is 5.32 Å². The van der Waals surface area contributed by atoms with Gasteiger partial charge in [0.2, 0.25) is 15.9 Å². The number of hydrogen-bond donors (Lipinski definition) is 2. The zero-order valence-corrected chi connectivity index (χ0v) is 18.3. The molecule has 2 N–H and O–H groups in total. The molecule has 0 aliphatic heterocycles. The summed E-state index contributed by atoms with van der Waals surface area (Å²) >= 11 is 1.44. The third kappa shape index (κ3) is 5.62. The van der Waals surface area contributed by atoms with Crippen molar-refractivity contribution in [1.82, 2.24) is 15.0 Å². The van der Waals surface area contributed by atoms with E-state index in [1.807, 2.05) is 51.1 Å². The van der Waals surface area contributed by atoms with Gasteiger partial charge in [0.25, 0.3) is 0 Å². The van der Waals surface area contributed by atoms with Crippen molar-refractivity contribution in [2.75, 3.05) is 0 Å². The SMILES string of the molecule is Cc1nc2ccc(S(=O)(=O)NC(CC(C)C)C(=O)NCc3ccccc3)cc2s1. The summed E-state index contributed by atoms with van der Waals surface area (Å²) in [6.07, 6.45) is 0.405. The molecule has 0 spiro atoms. The minimum atomic E-state index is -3.85. The first-order valence-corrected chi connectivity index (χ1v) is 11.8. The molecule has 1 heterocycles. The molecule has 154 valence electrons. The number of nitrogens with one attached hydrogen (secondary N) is 2. The second kappa shape index (κ2) is 9.02. The maximum atomic E-state index is 12.9.